The van der Waals surface area contributed by atoms with Gasteiger partial charge in [-0.2, -0.15) is 0 Å². The molecule has 0 aromatic heterocycles. The molecule has 0 bridgehead atoms. The van der Waals surface area contributed by atoms with E-state index >= 15 is 0 Å². The van der Waals surface area contributed by atoms with Gasteiger partial charge in [0.25, 0.3) is 5.91 Å². The Morgan fingerprint density at radius 3 is 2.60 bits per heavy atom. The predicted octanol–water partition coefficient (Wildman–Crippen LogP) is 2.48. The fraction of sp³-hybridized carbons (Fsp3) is 0.438. The number of benzene rings is 1. The van der Waals surface area contributed by atoms with Gasteiger partial charge in [0.2, 0.25) is 0 Å². The van der Waals surface area contributed by atoms with Crippen LogP contribution in [0.2, 0.25) is 0 Å². The summed E-state index contributed by atoms with van der Waals surface area (Å²) in [5.41, 5.74) is 0.305. The highest BCUT2D eigenvalue weighted by Gasteiger charge is 2.23. The average Bonchev–Trinajstić information content (AvgIpc) is 2.44. The number of hydrogen-bond acceptors (Lipinski definition) is 2. The van der Waals surface area contributed by atoms with Crippen LogP contribution in [0.4, 0.5) is 4.39 Å². The van der Waals surface area contributed by atoms with Crippen LogP contribution in [0.25, 0.3) is 0 Å². The van der Waals surface area contributed by atoms with E-state index in [4.69, 9.17) is 5.11 Å². The van der Waals surface area contributed by atoms with Crippen LogP contribution in [0.5, 0.6) is 0 Å². The summed E-state index contributed by atoms with van der Waals surface area (Å²) in [6, 6.07) is 3.85. The molecule has 0 aliphatic rings. The lowest BCUT2D eigenvalue weighted by molar-refractivity contribution is 0.0900. The monoisotopic (exact) mass is 277 g/mol. The molecule has 0 aliphatic heterocycles. The second-order valence-electron chi connectivity index (χ2n) is 4.87. The number of aliphatic hydroxyl groups excluding tert-OH is 1. The highest BCUT2D eigenvalue weighted by molar-refractivity contribution is 5.97. The number of hydrogen-bond donors (Lipinski definition) is 2. The van der Waals surface area contributed by atoms with Gasteiger partial charge in [0, 0.05) is 11.1 Å². The number of aliphatic hydroxyl groups is 1. The van der Waals surface area contributed by atoms with Crippen LogP contribution < -0.4 is 5.32 Å². The van der Waals surface area contributed by atoms with E-state index in [-0.39, 0.29) is 23.6 Å². The minimum absolute atomic E-state index is 0.279. The topological polar surface area (TPSA) is 49.3 Å². The van der Waals surface area contributed by atoms with E-state index in [2.05, 4.69) is 17.2 Å². The number of halogens is 1. The maximum absolute atomic E-state index is 13.2. The van der Waals surface area contributed by atoms with E-state index in [1.807, 2.05) is 20.8 Å². The highest BCUT2D eigenvalue weighted by Crippen LogP contribution is 2.17. The second-order valence-corrected chi connectivity index (χ2v) is 4.87. The van der Waals surface area contributed by atoms with Crippen LogP contribution >= 0.6 is 0 Å². The zero-order valence-corrected chi connectivity index (χ0v) is 12.1. The Labute approximate surface area is 119 Å². The maximum Gasteiger partial charge on any atom is 0.252 e. The number of nitrogens with one attached hydrogen (secondary N) is 1. The Kier molecular flexibility index (Phi) is 5.72. The molecule has 1 aromatic carbocycles. The van der Waals surface area contributed by atoms with E-state index in [1.54, 1.807) is 0 Å². The summed E-state index contributed by atoms with van der Waals surface area (Å²) in [5, 5.41) is 11.7. The molecule has 20 heavy (non-hydrogen) atoms. The van der Waals surface area contributed by atoms with Crippen molar-refractivity contribution in [2.45, 2.75) is 39.2 Å². The van der Waals surface area contributed by atoms with Crippen molar-refractivity contribution in [1.29, 1.82) is 0 Å². The van der Waals surface area contributed by atoms with Gasteiger partial charge in [-0.1, -0.05) is 25.7 Å². The van der Waals surface area contributed by atoms with Crippen LogP contribution in [0.1, 0.15) is 49.5 Å². The van der Waals surface area contributed by atoms with E-state index in [0.717, 1.165) is 12.8 Å². The van der Waals surface area contributed by atoms with E-state index in [1.165, 1.54) is 18.2 Å². The number of amides is 1. The zero-order valence-electron chi connectivity index (χ0n) is 12.1. The smallest absolute Gasteiger partial charge is 0.252 e. The fourth-order valence-electron chi connectivity index (χ4n) is 1.72. The van der Waals surface area contributed by atoms with Crippen LogP contribution in [0.15, 0.2) is 18.2 Å². The Hall–Kier alpha value is -1.86. The molecular formula is C16H20FNO2. The molecule has 1 aromatic rings. The first-order valence-electron chi connectivity index (χ1n) is 6.67. The molecule has 2 N–H and O–H groups in total. The third kappa shape index (κ3) is 4.07. The lowest BCUT2D eigenvalue weighted by Gasteiger charge is -2.28. The molecule has 0 spiro atoms. The lowest BCUT2D eigenvalue weighted by Crippen LogP contribution is -2.45. The SMILES string of the molecule is CCC(C)(CC)NC(=O)c1ccc(F)cc1C#CCO. The van der Waals surface area contributed by atoms with E-state index < -0.39 is 5.82 Å². The van der Waals surface area contributed by atoms with Crippen molar-refractivity contribution in [2.75, 3.05) is 6.61 Å². The van der Waals surface area contributed by atoms with Gasteiger partial charge in [-0.3, -0.25) is 4.79 Å². The predicted molar refractivity (Wildman–Crippen MR) is 76.8 cm³/mol. The molecule has 4 heteroatoms. The van der Waals surface area contributed by atoms with Crippen molar-refractivity contribution in [3.8, 4) is 11.8 Å². The maximum atomic E-state index is 13.2. The largest absolute Gasteiger partial charge is 0.384 e. The average molecular weight is 277 g/mol. The third-order valence-electron chi connectivity index (χ3n) is 3.50. The lowest BCUT2D eigenvalue weighted by atomic mass is 9.94. The summed E-state index contributed by atoms with van der Waals surface area (Å²) in [7, 11) is 0. The molecule has 108 valence electrons. The Morgan fingerprint density at radius 1 is 1.40 bits per heavy atom. The molecule has 0 atom stereocenters. The van der Waals surface area contributed by atoms with Crippen molar-refractivity contribution < 1.29 is 14.3 Å². The van der Waals surface area contributed by atoms with Crippen molar-refractivity contribution in [3.63, 3.8) is 0 Å². The van der Waals surface area contributed by atoms with Crippen LogP contribution in [0, 0.1) is 17.7 Å². The summed E-state index contributed by atoms with van der Waals surface area (Å²) < 4.78 is 13.2. The van der Waals surface area contributed by atoms with E-state index in [9.17, 15) is 9.18 Å². The number of carbonyl (C=O) groups is 1. The normalized spacial score (nSPS) is 10.7. The van der Waals surface area contributed by atoms with Crippen molar-refractivity contribution in [2.24, 2.45) is 0 Å². The molecule has 0 saturated carbocycles. The summed E-state index contributed by atoms with van der Waals surface area (Å²) in [6.45, 7) is 5.63. The standard InChI is InChI=1S/C16H20FNO2/c1-4-16(3,5-2)18-15(20)14-9-8-13(17)11-12(14)7-6-10-19/h8-9,11,19H,4-5,10H2,1-3H3,(H,18,20). The van der Waals surface area contributed by atoms with Gasteiger partial charge in [-0.05, 0) is 38.0 Å². The van der Waals surface area contributed by atoms with Crippen LogP contribution in [-0.2, 0) is 0 Å². The minimum Gasteiger partial charge on any atom is -0.384 e. The molecule has 0 heterocycles. The second kappa shape index (κ2) is 7.06. The van der Waals surface area contributed by atoms with Gasteiger partial charge in [-0.25, -0.2) is 4.39 Å². The Balaban J connectivity index is 3.09. The summed E-state index contributed by atoms with van der Waals surface area (Å²) in [6.07, 6.45) is 1.60. The highest BCUT2D eigenvalue weighted by atomic mass is 19.1. The first kappa shape index (κ1) is 16.2. The van der Waals surface area contributed by atoms with Gasteiger partial charge >= 0.3 is 0 Å². The summed E-state index contributed by atoms with van der Waals surface area (Å²) in [4.78, 5) is 12.3. The molecule has 0 fully saturated rings. The quantitative estimate of drug-likeness (QED) is 0.831. The minimum atomic E-state index is -0.461. The molecule has 3 nitrogen and oxygen atoms in total. The van der Waals surface area contributed by atoms with E-state index in [0.29, 0.717) is 5.56 Å². The number of rotatable bonds is 4. The first-order chi connectivity index (χ1) is 9.45. The molecular weight excluding hydrogens is 257 g/mol. The van der Waals surface area contributed by atoms with Gasteiger partial charge in [-0.15, -0.1) is 0 Å². The number of carbonyl (C=O) groups excluding carboxylic acids is 1. The third-order valence-corrected chi connectivity index (χ3v) is 3.50. The fourth-order valence-corrected chi connectivity index (χ4v) is 1.72. The van der Waals surface area contributed by atoms with Crippen molar-refractivity contribution in [3.05, 3.63) is 35.1 Å². The van der Waals surface area contributed by atoms with Crippen molar-refractivity contribution >= 4 is 5.91 Å². The van der Waals surface area contributed by atoms with Gasteiger partial charge in [0.1, 0.15) is 12.4 Å². The summed E-state index contributed by atoms with van der Waals surface area (Å²) in [5.74, 6) is 4.30. The molecule has 0 unspecified atom stereocenters. The van der Waals surface area contributed by atoms with Gasteiger partial charge in [0.15, 0.2) is 0 Å². The zero-order chi connectivity index (χ0) is 15.2. The van der Waals surface area contributed by atoms with Gasteiger partial charge in [0.05, 0.1) is 5.56 Å². The van der Waals surface area contributed by atoms with Crippen LogP contribution in [-0.4, -0.2) is 23.2 Å². The molecule has 1 amide bonds. The molecule has 0 saturated heterocycles. The molecule has 1 rings (SSSR count). The summed E-state index contributed by atoms with van der Waals surface area (Å²) >= 11 is 0. The van der Waals surface area contributed by atoms with Gasteiger partial charge < -0.3 is 10.4 Å². The molecule has 0 aliphatic carbocycles. The first-order valence-corrected chi connectivity index (χ1v) is 6.67. The Morgan fingerprint density at radius 2 is 2.05 bits per heavy atom. The Bertz CT molecular complexity index is 539. The molecule has 0 radical (unpaired) electrons. The van der Waals surface area contributed by atoms with Crippen LogP contribution in [0.3, 0.4) is 0 Å². The van der Waals surface area contributed by atoms with Crippen molar-refractivity contribution in [1.82, 2.24) is 5.32 Å².